The Labute approximate surface area is 98.3 Å². The molecule has 0 saturated carbocycles. The van der Waals surface area contributed by atoms with Crippen LogP contribution in [0.25, 0.3) is 0 Å². The lowest BCUT2D eigenvalue weighted by molar-refractivity contribution is -0.132. The van der Waals surface area contributed by atoms with E-state index < -0.39 is 0 Å². The number of hydrogen-bond acceptors (Lipinski definition) is 3. The van der Waals surface area contributed by atoms with Gasteiger partial charge in [0.25, 0.3) is 0 Å². The Hall–Kier alpha value is -0.870. The lowest BCUT2D eigenvalue weighted by atomic mass is 10.2. The third-order valence-corrected chi connectivity index (χ3v) is 2.87. The summed E-state index contributed by atoms with van der Waals surface area (Å²) in [5.74, 6) is 0.230. The van der Waals surface area contributed by atoms with Gasteiger partial charge in [-0.25, -0.2) is 0 Å². The fourth-order valence-electron chi connectivity index (χ4n) is 1.79. The molecule has 4 heteroatoms. The summed E-state index contributed by atoms with van der Waals surface area (Å²) in [5, 5.41) is 3.24. The number of carbonyl (C=O) groups is 1. The topological polar surface area (TPSA) is 35.6 Å². The van der Waals surface area contributed by atoms with E-state index in [9.17, 15) is 4.79 Å². The Bertz CT molecular complexity index is 247. The van der Waals surface area contributed by atoms with Crippen molar-refractivity contribution in [2.45, 2.75) is 13.3 Å². The van der Waals surface area contributed by atoms with Crippen molar-refractivity contribution in [3.63, 3.8) is 0 Å². The van der Waals surface area contributed by atoms with Gasteiger partial charge in [-0.2, -0.15) is 0 Å². The first-order chi connectivity index (χ1) is 7.63. The van der Waals surface area contributed by atoms with Gasteiger partial charge in [0.2, 0.25) is 5.91 Å². The second-order valence-corrected chi connectivity index (χ2v) is 4.41. The number of likely N-dealkylation sites (N-methyl/N-ethyl adjacent to an activating group) is 1. The molecule has 1 aliphatic heterocycles. The number of nitrogens with zero attached hydrogens (tertiary/aromatic N) is 2. The van der Waals surface area contributed by atoms with Gasteiger partial charge >= 0.3 is 0 Å². The van der Waals surface area contributed by atoms with Crippen LogP contribution in [0.2, 0.25) is 0 Å². The highest BCUT2D eigenvalue weighted by molar-refractivity contribution is 5.78. The monoisotopic (exact) mass is 225 g/mol. The van der Waals surface area contributed by atoms with E-state index in [1.165, 1.54) is 5.57 Å². The highest BCUT2D eigenvalue weighted by atomic mass is 16.2. The summed E-state index contributed by atoms with van der Waals surface area (Å²) < 4.78 is 0. The lowest BCUT2D eigenvalue weighted by Gasteiger charge is -2.29. The van der Waals surface area contributed by atoms with Crippen molar-refractivity contribution in [1.82, 2.24) is 15.1 Å². The van der Waals surface area contributed by atoms with Gasteiger partial charge in [0.15, 0.2) is 0 Å². The first kappa shape index (κ1) is 13.2. The van der Waals surface area contributed by atoms with Gasteiger partial charge in [-0.15, -0.1) is 0 Å². The maximum Gasteiger partial charge on any atom is 0.236 e. The summed E-state index contributed by atoms with van der Waals surface area (Å²) in [4.78, 5) is 15.9. The molecule has 1 N–H and O–H groups in total. The first-order valence-electron chi connectivity index (χ1n) is 5.97. The van der Waals surface area contributed by atoms with Crippen LogP contribution in [0.15, 0.2) is 12.2 Å². The van der Waals surface area contributed by atoms with E-state index in [0.717, 1.165) is 39.1 Å². The molecule has 4 nitrogen and oxygen atoms in total. The molecular formula is C12H23N3O. The van der Waals surface area contributed by atoms with Gasteiger partial charge in [-0.3, -0.25) is 9.69 Å². The molecule has 1 amide bonds. The predicted octanol–water partition coefficient (Wildman–Crippen LogP) is 0.316. The molecule has 0 bridgehead atoms. The Morgan fingerprint density at radius 1 is 1.38 bits per heavy atom. The maximum atomic E-state index is 11.9. The molecule has 1 aliphatic rings. The second kappa shape index (κ2) is 6.66. The van der Waals surface area contributed by atoms with Gasteiger partial charge < -0.3 is 10.2 Å². The van der Waals surface area contributed by atoms with Crippen LogP contribution in [0.5, 0.6) is 0 Å². The van der Waals surface area contributed by atoms with Crippen molar-refractivity contribution in [3.8, 4) is 0 Å². The van der Waals surface area contributed by atoms with Crippen LogP contribution in [0.1, 0.15) is 13.3 Å². The molecule has 92 valence electrons. The second-order valence-electron chi connectivity index (χ2n) is 4.41. The highest BCUT2D eigenvalue weighted by Crippen LogP contribution is 2.01. The minimum Gasteiger partial charge on any atom is -0.339 e. The van der Waals surface area contributed by atoms with Crippen LogP contribution in [0.4, 0.5) is 0 Å². The Morgan fingerprint density at radius 2 is 2.00 bits per heavy atom. The van der Waals surface area contributed by atoms with E-state index in [2.05, 4.69) is 18.8 Å². The Balaban J connectivity index is 2.29. The molecule has 0 spiro atoms. The van der Waals surface area contributed by atoms with Crippen LogP contribution >= 0.6 is 0 Å². The summed E-state index contributed by atoms with van der Waals surface area (Å²) in [5.41, 5.74) is 1.18. The highest BCUT2D eigenvalue weighted by Gasteiger charge is 2.17. The summed E-state index contributed by atoms with van der Waals surface area (Å²) in [7, 11) is 1.97. The zero-order valence-corrected chi connectivity index (χ0v) is 10.5. The van der Waals surface area contributed by atoms with Crippen LogP contribution in [-0.4, -0.2) is 62.0 Å². The average molecular weight is 225 g/mol. The average Bonchev–Trinajstić information content (AvgIpc) is 2.29. The zero-order chi connectivity index (χ0) is 12.0. The predicted molar refractivity (Wildman–Crippen MR) is 66.4 cm³/mol. The third kappa shape index (κ3) is 4.33. The van der Waals surface area contributed by atoms with Crippen molar-refractivity contribution in [2.75, 3.05) is 46.3 Å². The minimum absolute atomic E-state index is 0.230. The molecule has 1 heterocycles. The van der Waals surface area contributed by atoms with Crippen molar-refractivity contribution in [1.29, 1.82) is 0 Å². The van der Waals surface area contributed by atoms with E-state index in [1.807, 2.05) is 16.8 Å². The largest absolute Gasteiger partial charge is 0.339 e. The molecule has 0 atom stereocenters. The number of carbonyl (C=O) groups excluding carboxylic acids is 1. The van der Waals surface area contributed by atoms with Gasteiger partial charge in [0, 0.05) is 32.7 Å². The van der Waals surface area contributed by atoms with Crippen LogP contribution in [-0.2, 0) is 4.79 Å². The van der Waals surface area contributed by atoms with Gasteiger partial charge in [0.05, 0.1) is 6.54 Å². The molecule has 1 fully saturated rings. The molecular weight excluding hydrogens is 202 g/mol. The summed E-state index contributed by atoms with van der Waals surface area (Å²) in [6.07, 6.45) is 0.978. The van der Waals surface area contributed by atoms with Crippen molar-refractivity contribution in [3.05, 3.63) is 12.2 Å². The Morgan fingerprint density at radius 3 is 2.56 bits per heavy atom. The molecule has 0 aromatic carbocycles. The van der Waals surface area contributed by atoms with Crippen LogP contribution < -0.4 is 5.32 Å². The number of piperazine rings is 1. The normalized spacial score (nSPS) is 16.6. The van der Waals surface area contributed by atoms with Crippen LogP contribution in [0, 0.1) is 0 Å². The first-order valence-corrected chi connectivity index (χ1v) is 5.97. The van der Waals surface area contributed by atoms with Crippen molar-refractivity contribution >= 4 is 5.91 Å². The molecule has 0 aromatic heterocycles. The molecule has 0 aromatic rings. The fraction of sp³-hybridized carbons (Fsp3) is 0.750. The fourth-order valence-corrected chi connectivity index (χ4v) is 1.79. The third-order valence-electron chi connectivity index (χ3n) is 2.87. The lowest BCUT2D eigenvalue weighted by Crippen LogP contribution is -2.49. The number of rotatable bonds is 5. The number of amides is 1. The van der Waals surface area contributed by atoms with Crippen molar-refractivity contribution < 1.29 is 4.79 Å². The molecule has 1 saturated heterocycles. The smallest absolute Gasteiger partial charge is 0.236 e. The summed E-state index contributed by atoms with van der Waals surface area (Å²) in [6, 6.07) is 0. The molecule has 0 aliphatic carbocycles. The number of nitrogens with one attached hydrogen (secondary N) is 1. The molecule has 0 unspecified atom stereocenters. The van der Waals surface area contributed by atoms with Crippen molar-refractivity contribution in [2.24, 2.45) is 0 Å². The minimum atomic E-state index is 0.230. The maximum absolute atomic E-state index is 11.9. The van der Waals surface area contributed by atoms with E-state index in [0.29, 0.717) is 6.54 Å². The SMILES string of the molecule is C=C(CC)CN(C)CC(=O)N1CCNCC1. The van der Waals surface area contributed by atoms with Crippen LogP contribution in [0.3, 0.4) is 0 Å². The standard InChI is InChI=1S/C12H23N3O/c1-4-11(2)9-14(3)10-12(16)15-7-5-13-6-8-15/h13H,2,4-10H2,1,3H3. The summed E-state index contributed by atoms with van der Waals surface area (Å²) >= 11 is 0. The molecule has 1 rings (SSSR count). The van der Waals surface area contributed by atoms with Gasteiger partial charge in [-0.1, -0.05) is 19.1 Å². The number of hydrogen-bond donors (Lipinski definition) is 1. The molecule has 16 heavy (non-hydrogen) atoms. The zero-order valence-electron chi connectivity index (χ0n) is 10.5. The van der Waals surface area contributed by atoms with E-state index >= 15 is 0 Å². The van der Waals surface area contributed by atoms with Gasteiger partial charge in [0.1, 0.15) is 0 Å². The van der Waals surface area contributed by atoms with E-state index in [4.69, 9.17) is 0 Å². The quantitative estimate of drug-likeness (QED) is 0.684. The summed E-state index contributed by atoms with van der Waals surface area (Å²) in [6.45, 7) is 10.9. The van der Waals surface area contributed by atoms with E-state index in [1.54, 1.807) is 0 Å². The van der Waals surface area contributed by atoms with E-state index in [-0.39, 0.29) is 5.91 Å². The van der Waals surface area contributed by atoms with Gasteiger partial charge in [-0.05, 0) is 13.5 Å². The Kier molecular flexibility index (Phi) is 5.49. The molecule has 0 radical (unpaired) electrons.